The van der Waals surface area contributed by atoms with Gasteiger partial charge in [0, 0.05) is 5.56 Å². The lowest BCUT2D eigenvalue weighted by Crippen LogP contribution is -2.00. The first-order valence-corrected chi connectivity index (χ1v) is 7.86. The Labute approximate surface area is 138 Å². The van der Waals surface area contributed by atoms with Gasteiger partial charge in [-0.15, -0.1) is 0 Å². The van der Waals surface area contributed by atoms with Crippen molar-refractivity contribution in [2.24, 2.45) is 0 Å². The summed E-state index contributed by atoms with van der Waals surface area (Å²) in [6.07, 6.45) is 3.53. The Morgan fingerprint density at radius 3 is 2.38 bits per heavy atom. The number of hydrogen-bond acceptors (Lipinski definition) is 4. The molecule has 0 aliphatic carbocycles. The van der Waals surface area contributed by atoms with Gasteiger partial charge in [-0.2, -0.15) is 0 Å². The second kappa shape index (κ2) is 6.41. The highest BCUT2D eigenvalue weighted by molar-refractivity contribution is 9.13. The first-order valence-electron chi connectivity index (χ1n) is 6.27. The molecule has 0 spiro atoms. The maximum absolute atomic E-state index is 5.50. The first kappa shape index (κ1) is 14.3. The monoisotopic (exact) mass is 407 g/mol. The van der Waals surface area contributed by atoms with E-state index in [2.05, 4.69) is 47.1 Å². The molecule has 4 nitrogen and oxygen atoms in total. The molecular formula is C15H11Br2N3O. The molecule has 3 aromatic rings. The van der Waals surface area contributed by atoms with Crippen LogP contribution in [0.1, 0.15) is 5.76 Å². The van der Waals surface area contributed by atoms with Crippen LogP contribution in [0.25, 0.3) is 11.4 Å². The van der Waals surface area contributed by atoms with Gasteiger partial charge in [0.05, 0.1) is 29.1 Å². The van der Waals surface area contributed by atoms with Crippen molar-refractivity contribution in [1.82, 2.24) is 9.97 Å². The highest BCUT2D eigenvalue weighted by atomic mass is 79.9. The lowest BCUT2D eigenvalue weighted by molar-refractivity contribution is 0.494. The van der Waals surface area contributed by atoms with Crippen molar-refractivity contribution in [3.05, 3.63) is 63.7 Å². The number of hydrogen-bond donors (Lipinski definition) is 1. The van der Waals surface area contributed by atoms with Gasteiger partial charge in [0.1, 0.15) is 5.76 Å². The van der Waals surface area contributed by atoms with Gasteiger partial charge in [-0.25, -0.2) is 9.97 Å². The number of benzene rings is 1. The van der Waals surface area contributed by atoms with E-state index >= 15 is 0 Å². The fraction of sp³-hybridized carbons (Fsp3) is 0.0667. The lowest BCUT2D eigenvalue weighted by Gasteiger charge is -2.04. The average Bonchev–Trinajstić information content (AvgIpc) is 2.85. The molecule has 0 amide bonds. The van der Waals surface area contributed by atoms with Gasteiger partial charge < -0.3 is 9.73 Å². The molecule has 0 aliphatic heterocycles. The molecule has 2 heterocycles. The molecule has 0 aliphatic rings. The minimum absolute atomic E-state index is 0.568. The highest BCUT2D eigenvalue weighted by Gasteiger charge is 2.06. The lowest BCUT2D eigenvalue weighted by atomic mass is 10.2. The molecule has 0 saturated heterocycles. The molecule has 21 heavy (non-hydrogen) atoms. The Balaban J connectivity index is 1.67. The summed E-state index contributed by atoms with van der Waals surface area (Å²) in [4.78, 5) is 8.72. The Bertz CT molecular complexity index is 707. The molecule has 0 saturated carbocycles. The quantitative estimate of drug-likeness (QED) is 0.668. The maximum Gasteiger partial charge on any atom is 0.183 e. The number of anilines is 1. The molecule has 1 N–H and O–H groups in total. The van der Waals surface area contributed by atoms with Crippen molar-refractivity contribution < 1.29 is 4.42 Å². The number of aromatic nitrogens is 2. The van der Waals surface area contributed by atoms with Gasteiger partial charge in [-0.3, -0.25) is 0 Å². The minimum atomic E-state index is 0.568. The van der Waals surface area contributed by atoms with Crippen LogP contribution in [0.3, 0.4) is 0 Å². The largest absolute Gasteiger partial charge is 0.451 e. The van der Waals surface area contributed by atoms with Crippen LogP contribution in [0.4, 0.5) is 5.69 Å². The Kier molecular flexibility index (Phi) is 4.36. The van der Waals surface area contributed by atoms with E-state index in [9.17, 15) is 0 Å². The van der Waals surface area contributed by atoms with Crippen LogP contribution in [0.15, 0.2) is 62.4 Å². The Morgan fingerprint density at radius 1 is 1.05 bits per heavy atom. The smallest absolute Gasteiger partial charge is 0.183 e. The first-order chi connectivity index (χ1) is 10.2. The van der Waals surface area contributed by atoms with E-state index in [0.29, 0.717) is 17.0 Å². The molecule has 3 rings (SSSR count). The molecule has 2 aromatic heterocycles. The number of nitrogens with zero attached hydrogens (tertiary/aromatic N) is 2. The SMILES string of the molecule is Brc1cc(CNc2cnc(-c3ccccc3)nc2)oc1Br. The van der Waals surface area contributed by atoms with E-state index in [1.54, 1.807) is 12.4 Å². The number of furan rings is 1. The van der Waals surface area contributed by atoms with E-state index in [1.807, 2.05) is 36.4 Å². The topological polar surface area (TPSA) is 51.0 Å². The van der Waals surface area contributed by atoms with Crippen molar-refractivity contribution in [2.75, 3.05) is 5.32 Å². The summed E-state index contributed by atoms with van der Waals surface area (Å²) in [6, 6.07) is 11.8. The zero-order valence-corrected chi connectivity index (χ0v) is 14.1. The normalized spacial score (nSPS) is 10.6. The molecule has 0 radical (unpaired) electrons. The van der Waals surface area contributed by atoms with E-state index < -0.39 is 0 Å². The molecule has 106 valence electrons. The van der Waals surface area contributed by atoms with Crippen molar-refractivity contribution >= 4 is 37.5 Å². The summed E-state index contributed by atoms with van der Waals surface area (Å²) in [5.41, 5.74) is 1.85. The number of halogens is 2. The number of nitrogens with one attached hydrogen (secondary N) is 1. The van der Waals surface area contributed by atoms with Crippen LogP contribution >= 0.6 is 31.9 Å². The predicted octanol–water partition coefficient (Wildman–Crippen LogP) is 4.87. The van der Waals surface area contributed by atoms with Gasteiger partial charge >= 0.3 is 0 Å². The van der Waals surface area contributed by atoms with Crippen LogP contribution in [0.5, 0.6) is 0 Å². The summed E-state index contributed by atoms with van der Waals surface area (Å²) >= 11 is 6.70. The zero-order valence-electron chi connectivity index (χ0n) is 10.9. The summed E-state index contributed by atoms with van der Waals surface area (Å²) in [5, 5.41) is 3.22. The van der Waals surface area contributed by atoms with Gasteiger partial charge in [-0.05, 0) is 37.9 Å². The molecular weight excluding hydrogens is 398 g/mol. The van der Waals surface area contributed by atoms with E-state index in [0.717, 1.165) is 21.5 Å². The molecule has 0 atom stereocenters. The van der Waals surface area contributed by atoms with Gasteiger partial charge in [0.25, 0.3) is 0 Å². The standard InChI is InChI=1S/C15H11Br2N3O/c16-13-6-12(21-14(13)17)9-18-11-7-19-15(20-8-11)10-4-2-1-3-5-10/h1-8,18H,9H2. The third-order valence-electron chi connectivity index (χ3n) is 2.85. The van der Waals surface area contributed by atoms with Crippen molar-refractivity contribution in [2.45, 2.75) is 6.54 Å². The summed E-state index contributed by atoms with van der Waals surface area (Å²) in [7, 11) is 0. The molecule has 0 fully saturated rings. The molecule has 0 bridgehead atoms. The molecule has 0 unspecified atom stereocenters. The highest BCUT2D eigenvalue weighted by Crippen LogP contribution is 2.27. The van der Waals surface area contributed by atoms with E-state index in [4.69, 9.17) is 4.42 Å². The van der Waals surface area contributed by atoms with Gasteiger partial charge in [0.2, 0.25) is 0 Å². The summed E-state index contributed by atoms with van der Waals surface area (Å²) in [6.45, 7) is 0.568. The third kappa shape index (κ3) is 3.51. The molecule has 1 aromatic carbocycles. The van der Waals surface area contributed by atoms with Crippen LogP contribution < -0.4 is 5.32 Å². The van der Waals surface area contributed by atoms with Crippen molar-refractivity contribution in [1.29, 1.82) is 0 Å². The second-order valence-electron chi connectivity index (χ2n) is 4.35. The van der Waals surface area contributed by atoms with E-state index in [1.165, 1.54) is 0 Å². The fourth-order valence-electron chi connectivity index (χ4n) is 1.82. The maximum atomic E-state index is 5.50. The van der Waals surface area contributed by atoms with Gasteiger partial charge in [0.15, 0.2) is 10.5 Å². The van der Waals surface area contributed by atoms with Gasteiger partial charge in [-0.1, -0.05) is 30.3 Å². The Morgan fingerprint density at radius 2 is 1.76 bits per heavy atom. The minimum Gasteiger partial charge on any atom is -0.451 e. The summed E-state index contributed by atoms with van der Waals surface area (Å²) in [5.74, 6) is 1.53. The molecule has 6 heteroatoms. The van der Waals surface area contributed by atoms with Crippen molar-refractivity contribution in [3.8, 4) is 11.4 Å². The van der Waals surface area contributed by atoms with Crippen LogP contribution in [-0.2, 0) is 6.54 Å². The second-order valence-corrected chi connectivity index (χ2v) is 5.92. The zero-order chi connectivity index (χ0) is 14.7. The third-order valence-corrected chi connectivity index (χ3v) is 4.56. The number of rotatable bonds is 4. The predicted molar refractivity (Wildman–Crippen MR) is 88.9 cm³/mol. The fourth-order valence-corrected chi connectivity index (χ4v) is 2.48. The van der Waals surface area contributed by atoms with Crippen LogP contribution in [-0.4, -0.2) is 9.97 Å². The van der Waals surface area contributed by atoms with Crippen molar-refractivity contribution in [3.63, 3.8) is 0 Å². The summed E-state index contributed by atoms with van der Waals surface area (Å²) < 4.78 is 7.08. The average molecular weight is 409 g/mol. The van der Waals surface area contributed by atoms with E-state index in [-0.39, 0.29) is 0 Å². The van der Waals surface area contributed by atoms with Crippen LogP contribution in [0, 0.1) is 0 Å². The van der Waals surface area contributed by atoms with Crippen LogP contribution in [0.2, 0.25) is 0 Å². The Hall–Kier alpha value is -1.66.